The molecule has 3 rings (SSSR count). The summed E-state index contributed by atoms with van der Waals surface area (Å²) in [6.45, 7) is 1.12. The quantitative estimate of drug-likeness (QED) is 0.888. The van der Waals surface area contributed by atoms with Crippen molar-refractivity contribution in [3.63, 3.8) is 0 Å². The van der Waals surface area contributed by atoms with Gasteiger partial charge in [-0.2, -0.15) is 0 Å². The second-order valence-corrected chi connectivity index (χ2v) is 6.32. The number of amides is 1. The molecule has 0 bridgehead atoms. The SMILES string of the molecule is O=C(CN(Cc1ccc(Cl)cc1)C1CC1)Nc1nncs1. The number of carbonyl (C=O) groups is 1. The molecule has 0 aliphatic heterocycles. The molecular weight excluding hydrogens is 308 g/mol. The Morgan fingerprint density at radius 1 is 1.38 bits per heavy atom. The van der Waals surface area contributed by atoms with E-state index < -0.39 is 0 Å². The maximum Gasteiger partial charge on any atom is 0.240 e. The van der Waals surface area contributed by atoms with Crippen LogP contribution in [0.4, 0.5) is 5.13 Å². The van der Waals surface area contributed by atoms with Gasteiger partial charge in [-0.25, -0.2) is 0 Å². The van der Waals surface area contributed by atoms with Crippen LogP contribution in [0, 0.1) is 0 Å². The summed E-state index contributed by atoms with van der Waals surface area (Å²) in [5, 5.41) is 11.6. The molecule has 1 saturated carbocycles. The number of carbonyl (C=O) groups excluding carboxylic acids is 1. The Morgan fingerprint density at radius 3 is 2.76 bits per heavy atom. The van der Waals surface area contributed by atoms with Gasteiger partial charge >= 0.3 is 0 Å². The lowest BCUT2D eigenvalue weighted by Gasteiger charge is -2.21. The third-order valence-electron chi connectivity index (χ3n) is 3.32. The van der Waals surface area contributed by atoms with Gasteiger partial charge in [-0.15, -0.1) is 10.2 Å². The average molecular weight is 323 g/mol. The zero-order valence-electron chi connectivity index (χ0n) is 11.3. The molecule has 0 spiro atoms. The zero-order valence-corrected chi connectivity index (χ0v) is 12.9. The Balaban J connectivity index is 1.59. The van der Waals surface area contributed by atoms with Crippen LogP contribution in [0.3, 0.4) is 0 Å². The normalized spacial score (nSPS) is 14.4. The van der Waals surface area contributed by atoms with Crippen LogP contribution >= 0.6 is 22.9 Å². The van der Waals surface area contributed by atoms with Gasteiger partial charge in [-0.3, -0.25) is 15.0 Å². The van der Waals surface area contributed by atoms with Crippen molar-refractivity contribution in [1.82, 2.24) is 15.1 Å². The lowest BCUT2D eigenvalue weighted by atomic mass is 10.2. The molecule has 21 heavy (non-hydrogen) atoms. The van der Waals surface area contributed by atoms with Crippen molar-refractivity contribution in [2.24, 2.45) is 0 Å². The lowest BCUT2D eigenvalue weighted by molar-refractivity contribution is -0.117. The van der Waals surface area contributed by atoms with E-state index in [-0.39, 0.29) is 5.91 Å². The number of nitrogens with one attached hydrogen (secondary N) is 1. The molecule has 110 valence electrons. The van der Waals surface area contributed by atoms with Crippen molar-refractivity contribution < 1.29 is 4.79 Å². The van der Waals surface area contributed by atoms with Gasteiger partial charge in [0.1, 0.15) is 5.51 Å². The molecule has 0 unspecified atom stereocenters. The summed E-state index contributed by atoms with van der Waals surface area (Å²) < 4.78 is 0. The predicted molar refractivity (Wildman–Crippen MR) is 83.4 cm³/mol. The minimum absolute atomic E-state index is 0.0485. The highest BCUT2D eigenvalue weighted by Crippen LogP contribution is 2.28. The molecule has 1 aliphatic rings. The molecule has 1 heterocycles. The summed E-state index contributed by atoms with van der Waals surface area (Å²) in [6.07, 6.45) is 2.30. The van der Waals surface area contributed by atoms with Crippen LogP contribution in [0.25, 0.3) is 0 Å². The van der Waals surface area contributed by atoms with Crippen molar-refractivity contribution in [1.29, 1.82) is 0 Å². The number of anilines is 1. The van der Waals surface area contributed by atoms with Crippen LogP contribution < -0.4 is 5.32 Å². The second kappa shape index (κ2) is 6.51. The molecule has 1 N–H and O–H groups in total. The molecule has 1 aromatic carbocycles. The average Bonchev–Trinajstić information content (AvgIpc) is 3.19. The zero-order chi connectivity index (χ0) is 14.7. The lowest BCUT2D eigenvalue weighted by Crippen LogP contribution is -2.34. The van der Waals surface area contributed by atoms with E-state index in [4.69, 9.17) is 11.6 Å². The number of benzene rings is 1. The predicted octanol–water partition coefficient (Wildman–Crippen LogP) is 2.79. The second-order valence-electron chi connectivity index (χ2n) is 5.05. The number of halogens is 1. The first kappa shape index (κ1) is 14.4. The third kappa shape index (κ3) is 4.23. The first-order chi connectivity index (χ1) is 10.2. The van der Waals surface area contributed by atoms with Crippen LogP contribution in [0.2, 0.25) is 5.02 Å². The molecule has 5 nitrogen and oxygen atoms in total. The highest BCUT2D eigenvalue weighted by Gasteiger charge is 2.30. The van der Waals surface area contributed by atoms with Gasteiger partial charge in [0.2, 0.25) is 11.0 Å². The Hall–Kier alpha value is -1.50. The number of aromatic nitrogens is 2. The molecule has 1 aromatic heterocycles. The Bertz CT molecular complexity index is 598. The Labute approximate surface area is 131 Å². The molecule has 1 aliphatic carbocycles. The number of hydrogen-bond donors (Lipinski definition) is 1. The molecule has 0 radical (unpaired) electrons. The van der Waals surface area contributed by atoms with Gasteiger partial charge in [0.15, 0.2) is 0 Å². The van der Waals surface area contributed by atoms with Crippen LogP contribution in [0.15, 0.2) is 29.8 Å². The molecule has 1 amide bonds. The van der Waals surface area contributed by atoms with E-state index in [2.05, 4.69) is 20.4 Å². The minimum Gasteiger partial charge on any atom is -0.299 e. The summed E-state index contributed by atoms with van der Waals surface area (Å²) in [5.41, 5.74) is 2.76. The highest BCUT2D eigenvalue weighted by atomic mass is 35.5. The molecule has 0 atom stereocenters. The van der Waals surface area contributed by atoms with E-state index >= 15 is 0 Å². The minimum atomic E-state index is -0.0485. The van der Waals surface area contributed by atoms with Crippen molar-refractivity contribution in [3.05, 3.63) is 40.4 Å². The maximum absolute atomic E-state index is 12.1. The molecule has 2 aromatic rings. The number of rotatable bonds is 6. The van der Waals surface area contributed by atoms with Crippen LogP contribution in [-0.2, 0) is 11.3 Å². The largest absolute Gasteiger partial charge is 0.299 e. The summed E-state index contributed by atoms with van der Waals surface area (Å²) in [4.78, 5) is 14.3. The number of nitrogens with zero attached hydrogens (tertiary/aromatic N) is 3. The van der Waals surface area contributed by atoms with Crippen molar-refractivity contribution >= 4 is 34.0 Å². The maximum atomic E-state index is 12.1. The smallest absolute Gasteiger partial charge is 0.240 e. The van der Waals surface area contributed by atoms with Crippen molar-refractivity contribution in [2.75, 3.05) is 11.9 Å². The van der Waals surface area contributed by atoms with E-state index in [0.717, 1.165) is 30.0 Å². The Kier molecular flexibility index (Phi) is 4.48. The molecule has 1 fully saturated rings. The molecule has 0 saturated heterocycles. The van der Waals surface area contributed by atoms with Gasteiger partial charge in [0.25, 0.3) is 0 Å². The van der Waals surface area contributed by atoms with E-state index in [1.165, 1.54) is 11.3 Å². The van der Waals surface area contributed by atoms with Crippen molar-refractivity contribution in [2.45, 2.75) is 25.4 Å². The monoisotopic (exact) mass is 322 g/mol. The summed E-state index contributed by atoms with van der Waals surface area (Å²) in [6, 6.07) is 8.26. The van der Waals surface area contributed by atoms with Gasteiger partial charge in [-0.05, 0) is 30.5 Å². The third-order valence-corrected chi connectivity index (χ3v) is 4.17. The fourth-order valence-corrected chi connectivity index (χ4v) is 2.74. The van der Waals surface area contributed by atoms with Gasteiger partial charge in [0.05, 0.1) is 6.54 Å². The Morgan fingerprint density at radius 2 is 2.14 bits per heavy atom. The van der Waals surface area contributed by atoms with Crippen LogP contribution in [-0.4, -0.2) is 33.6 Å². The number of hydrogen-bond acceptors (Lipinski definition) is 5. The van der Waals surface area contributed by atoms with Crippen molar-refractivity contribution in [3.8, 4) is 0 Å². The standard InChI is InChI=1S/C14H15ClN4OS/c15-11-3-1-10(2-4-11)7-19(12-5-6-12)8-13(20)17-14-18-16-9-21-14/h1-4,9,12H,5-8H2,(H,17,18,20). The molecular formula is C14H15ClN4OS. The molecule has 7 heteroatoms. The van der Waals surface area contributed by atoms with E-state index in [9.17, 15) is 4.79 Å². The highest BCUT2D eigenvalue weighted by molar-refractivity contribution is 7.13. The first-order valence-corrected chi connectivity index (χ1v) is 8.01. The van der Waals surface area contributed by atoms with E-state index in [0.29, 0.717) is 17.7 Å². The van der Waals surface area contributed by atoms with Gasteiger partial charge < -0.3 is 0 Å². The van der Waals surface area contributed by atoms with Crippen LogP contribution in [0.5, 0.6) is 0 Å². The fraction of sp³-hybridized carbons (Fsp3) is 0.357. The van der Waals surface area contributed by atoms with E-state index in [1.807, 2.05) is 24.3 Å². The van der Waals surface area contributed by atoms with Gasteiger partial charge in [-0.1, -0.05) is 35.1 Å². The summed E-state index contributed by atoms with van der Waals surface area (Å²) in [5.74, 6) is -0.0485. The van der Waals surface area contributed by atoms with E-state index in [1.54, 1.807) is 5.51 Å². The fourth-order valence-electron chi connectivity index (χ4n) is 2.15. The first-order valence-electron chi connectivity index (χ1n) is 6.75. The van der Waals surface area contributed by atoms with Crippen LogP contribution in [0.1, 0.15) is 18.4 Å². The topological polar surface area (TPSA) is 58.1 Å². The summed E-state index contributed by atoms with van der Waals surface area (Å²) >= 11 is 7.22. The summed E-state index contributed by atoms with van der Waals surface area (Å²) in [7, 11) is 0. The van der Waals surface area contributed by atoms with Gasteiger partial charge in [0, 0.05) is 17.6 Å².